The molecule has 2 aromatic rings. The summed E-state index contributed by atoms with van der Waals surface area (Å²) in [4.78, 5) is 13.1. The zero-order chi connectivity index (χ0) is 22.9. The molecule has 166 valence electrons. The number of hydrogen-bond donors (Lipinski definition) is 1. The highest BCUT2D eigenvalue weighted by Crippen LogP contribution is 2.47. The summed E-state index contributed by atoms with van der Waals surface area (Å²) >= 11 is 3.55. The summed E-state index contributed by atoms with van der Waals surface area (Å²) in [6, 6.07) is 5.16. The van der Waals surface area contributed by atoms with Gasteiger partial charge in [0.2, 0.25) is 0 Å². The Kier molecular flexibility index (Phi) is 6.67. The number of carbonyl (C=O) groups is 1. The maximum Gasteiger partial charge on any atom is 0.346 e. The summed E-state index contributed by atoms with van der Waals surface area (Å²) in [6.45, 7) is 9.69. The smallest absolute Gasteiger partial charge is 0.346 e. The second kappa shape index (κ2) is 8.93. The lowest BCUT2D eigenvalue weighted by Gasteiger charge is -2.30. The topological polar surface area (TPSA) is 74.2 Å². The maximum absolute atomic E-state index is 13.1. The van der Waals surface area contributed by atoms with Crippen molar-refractivity contribution in [2.75, 3.05) is 14.2 Å². The second-order valence-corrected chi connectivity index (χ2v) is 8.73. The highest BCUT2D eigenvalue weighted by Gasteiger charge is 2.36. The molecule has 1 unspecified atom stereocenters. The van der Waals surface area contributed by atoms with Gasteiger partial charge in [-0.05, 0) is 59.0 Å². The minimum Gasteiger partial charge on any atom is -0.495 e. The number of cyclic esters (lactones) is 1. The molecule has 1 atom stereocenters. The number of benzene rings is 2. The predicted molar refractivity (Wildman–Crippen MR) is 121 cm³/mol. The van der Waals surface area contributed by atoms with Gasteiger partial charge >= 0.3 is 5.97 Å². The largest absolute Gasteiger partial charge is 0.495 e. The highest BCUT2D eigenvalue weighted by atomic mass is 79.9. The van der Waals surface area contributed by atoms with E-state index in [0.29, 0.717) is 29.0 Å². The van der Waals surface area contributed by atoms with Crippen molar-refractivity contribution in [1.29, 1.82) is 0 Å². The number of fused-ring (bicyclic) bond motifs is 2. The van der Waals surface area contributed by atoms with Gasteiger partial charge in [-0.3, -0.25) is 0 Å². The molecule has 6 nitrogen and oxygen atoms in total. The molecule has 1 aliphatic rings. The molecule has 1 heterocycles. The van der Waals surface area contributed by atoms with Crippen LogP contribution in [0.2, 0.25) is 0 Å². The lowest BCUT2D eigenvalue weighted by atomic mass is 9.84. The molecule has 0 amide bonds. The summed E-state index contributed by atoms with van der Waals surface area (Å²) in [6.07, 6.45) is 1.87. The highest BCUT2D eigenvalue weighted by molar-refractivity contribution is 9.10. The van der Waals surface area contributed by atoms with Crippen molar-refractivity contribution in [3.63, 3.8) is 0 Å². The molecule has 31 heavy (non-hydrogen) atoms. The van der Waals surface area contributed by atoms with E-state index in [1.54, 1.807) is 19.2 Å². The van der Waals surface area contributed by atoms with Gasteiger partial charge in [-0.2, -0.15) is 0 Å². The monoisotopic (exact) mass is 490 g/mol. The van der Waals surface area contributed by atoms with E-state index >= 15 is 0 Å². The molecule has 1 N–H and O–H groups in total. The third-order valence-electron chi connectivity index (χ3n) is 5.29. The van der Waals surface area contributed by atoms with Crippen LogP contribution in [0.1, 0.15) is 47.3 Å². The van der Waals surface area contributed by atoms with Crippen molar-refractivity contribution in [1.82, 2.24) is 0 Å². The van der Waals surface area contributed by atoms with E-state index in [2.05, 4.69) is 22.5 Å². The SMILES string of the molecule is C=CC(O)(CC(C)C)c1ccc2c(c1OC)C(=O)OCc1c(Br)c(C)cc(OC)c1O2. The Morgan fingerprint density at radius 1 is 1.32 bits per heavy atom. The molecule has 0 fully saturated rings. The first-order valence-corrected chi connectivity index (χ1v) is 10.7. The van der Waals surface area contributed by atoms with E-state index in [0.717, 1.165) is 10.0 Å². The van der Waals surface area contributed by atoms with Crippen LogP contribution < -0.4 is 14.2 Å². The Labute approximate surface area is 190 Å². The van der Waals surface area contributed by atoms with Crippen LogP contribution in [-0.4, -0.2) is 25.3 Å². The third-order valence-corrected chi connectivity index (χ3v) is 6.39. The normalized spacial score (nSPS) is 14.9. The van der Waals surface area contributed by atoms with Crippen molar-refractivity contribution in [3.8, 4) is 23.0 Å². The standard InChI is InChI=1S/C24H27BrO6/c1-7-24(27,11-13(2)3)16-8-9-17-19(22(16)29-6)23(26)30-12-15-20(25)14(4)10-18(28-5)21(15)31-17/h7-10,13,27H,1,11-12H2,2-6H3. The van der Waals surface area contributed by atoms with Crippen molar-refractivity contribution in [2.24, 2.45) is 5.92 Å². The first-order chi connectivity index (χ1) is 14.7. The number of rotatable bonds is 6. The Hall–Kier alpha value is -2.51. The molecule has 0 saturated carbocycles. The van der Waals surface area contributed by atoms with E-state index in [1.807, 2.05) is 26.8 Å². The molecule has 1 aliphatic heterocycles. The average molecular weight is 491 g/mol. The number of halogens is 1. The number of carbonyl (C=O) groups excluding carboxylic acids is 1. The predicted octanol–water partition coefficient (Wildman–Crippen LogP) is 5.66. The summed E-state index contributed by atoms with van der Waals surface area (Å²) < 4.78 is 23.7. The maximum atomic E-state index is 13.1. The number of methoxy groups -OCH3 is 2. The number of ether oxygens (including phenoxy) is 4. The molecule has 0 aliphatic carbocycles. The van der Waals surface area contributed by atoms with Gasteiger partial charge in [-0.15, -0.1) is 0 Å². The van der Waals surface area contributed by atoms with Gasteiger partial charge in [0.15, 0.2) is 11.5 Å². The molecule has 0 bridgehead atoms. The van der Waals surface area contributed by atoms with Gasteiger partial charge in [-0.25, -0.2) is 4.79 Å². The van der Waals surface area contributed by atoms with Crippen LogP contribution >= 0.6 is 15.9 Å². The Morgan fingerprint density at radius 3 is 2.61 bits per heavy atom. The molecule has 0 saturated heterocycles. The van der Waals surface area contributed by atoms with E-state index in [-0.39, 0.29) is 29.6 Å². The quantitative estimate of drug-likeness (QED) is 0.416. The summed E-state index contributed by atoms with van der Waals surface area (Å²) in [5.41, 5.74) is 0.742. The van der Waals surface area contributed by atoms with Crippen LogP contribution in [0, 0.1) is 12.8 Å². The first kappa shape index (κ1) is 23.2. The molecule has 2 aromatic carbocycles. The zero-order valence-electron chi connectivity index (χ0n) is 18.4. The van der Waals surface area contributed by atoms with Gasteiger partial charge in [0, 0.05) is 10.0 Å². The lowest BCUT2D eigenvalue weighted by molar-refractivity contribution is 0.0448. The van der Waals surface area contributed by atoms with E-state index in [4.69, 9.17) is 18.9 Å². The average Bonchev–Trinajstić information content (AvgIpc) is 2.73. The van der Waals surface area contributed by atoms with Crippen molar-refractivity contribution >= 4 is 21.9 Å². The van der Waals surface area contributed by atoms with E-state index < -0.39 is 11.6 Å². The molecule has 0 radical (unpaired) electrons. The fourth-order valence-electron chi connectivity index (χ4n) is 3.85. The Bertz CT molecular complexity index is 1030. The van der Waals surface area contributed by atoms with Crippen LogP contribution in [0.5, 0.6) is 23.0 Å². The second-order valence-electron chi connectivity index (χ2n) is 7.94. The van der Waals surface area contributed by atoms with Gasteiger partial charge in [0.05, 0.1) is 19.8 Å². The fourth-order valence-corrected chi connectivity index (χ4v) is 4.25. The first-order valence-electron chi connectivity index (χ1n) is 9.95. The van der Waals surface area contributed by atoms with E-state index in [1.165, 1.54) is 13.2 Å². The van der Waals surface area contributed by atoms with Crippen LogP contribution in [0.4, 0.5) is 0 Å². The van der Waals surface area contributed by atoms with Crippen molar-refractivity contribution in [2.45, 2.75) is 39.4 Å². The van der Waals surface area contributed by atoms with E-state index in [9.17, 15) is 9.90 Å². The van der Waals surface area contributed by atoms with Crippen LogP contribution in [0.3, 0.4) is 0 Å². The summed E-state index contributed by atoms with van der Waals surface area (Å²) in [5.74, 6) is 0.975. The zero-order valence-corrected chi connectivity index (χ0v) is 20.0. The summed E-state index contributed by atoms with van der Waals surface area (Å²) in [5, 5.41) is 11.3. The van der Waals surface area contributed by atoms with Crippen molar-refractivity contribution < 1.29 is 28.8 Å². The molecular weight excluding hydrogens is 464 g/mol. The Balaban J connectivity index is 2.25. The molecule has 0 spiro atoms. The van der Waals surface area contributed by atoms with Gasteiger partial charge in [0.1, 0.15) is 29.3 Å². The minimum absolute atomic E-state index is 0.0165. The number of aryl methyl sites for hydroxylation is 1. The van der Waals surface area contributed by atoms with Crippen molar-refractivity contribution in [3.05, 3.63) is 57.6 Å². The number of hydrogen-bond acceptors (Lipinski definition) is 6. The Morgan fingerprint density at radius 2 is 2.03 bits per heavy atom. The third kappa shape index (κ3) is 4.16. The molecule has 0 aromatic heterocycles. The number of esters is 1. The molecule has 7 heteroatoms. The van der Waals surface area contributed by atoms with Crippen LogP contribution in [-0.2, 0) is 16.9 Å². The fraction of sp³-hybridized carbons (Fsp3) is 0.375. The lowest BCUT2D eigenvalue weighted by Crippen LogP contribution is -2.27. The molecular formula is C24H27BrO6. The van der Waals surface area contributed by atoms with Gasteiger partial charge < -0.3 is 24.1 Å². The number of aliphatic hydroxyl groups is 1. The van der Waals surface area contributed by atoms with Crippen LogP contribution in [0.15, 0.2) is 35.3 Å². The van der Waals surface area contributed by atoms with Gasteiger partial charge in [0.25, 0.3) is 0 Å². The molecule has 3 rings (SSSR count). The minimum atomic E-state index is -1.38. The van der Waals surface area contributed by atoms with Gasteiger partial charge in [-0.1, -0.05) is 26.5 Å². The van der Waals surface area contributed by atoms with Crippen LogP contribution in [0.25, 0.3) is 0 Å². The summed E-state index contributed by atoms with van der Waals surface area (Å²) in [7, 11) is 3.00.